The molecule has 1 atom stereocenters. The van der Waals surface area contributed by atoms with Gasteiger partial charge in [-0.25, -0.2) is 4.99 Å². The maximum absolute atomic E-state index is 13.4. The van der Waals surface area contributed by atoms with Crippen molar-refractivity contribution in [1.82, 2.24) is 10.2 Å². The van der Waals surface area contributed by atoms with Crippen molar-refractivity contribution in [2.24, 2.45) is 4.99 Å². The van der Waals surface area contributed by atoms with E-state index in [-0.39, 0.29) is 12.3 Å². The van der Waals surface area contributed by atoms with E-state index in [1.54, 1.807) is 36.5 Å². The Hall–Kier alpha value is -2.70. The number of nitrogens with one attached hydrogen (secondary N) is 1. The van der Waals surface area contributed by atoms with Gasteiger partial charge in [-0.15, -0.1) is 0 Å². The summed E-state index contributed by atoms with van der Waals surface area (Å²) in [6.07, 6.45) is 5.58. The monoisotopic (exact) mass is 469 g/mol. The number of aliphatic imine (C=N–C) groups is 1. The third-order valence-corrected chi connectivity index (χ3v) is 5.58. The molecule has 146 valence electrons. The molecule has 0 unspecified atom stereocenters. The fourth-order valence-corrected chi connectivity index (χ4v) is 3.83. The summed E-state index contributed by atoms with van der Waals surface area (Å²) < 4.78 is 0.932. The first-order valence-electron chi connectivity index (χ1n) is 8.99. The fraction of sp³-hybridized carbons (Fsp3) is 0.136. The largest absolute Gasteiger partial charge is 0.320 e. The van der Waals surface area contributed by atoms with Crippen molar-refractivity contribution < 1.29 is 9.59 Å². The Morgan fingerprint density at radius 2 is 2.00 bits per heavy atom. The fourth-order valence-electron chi connectivity index (χ4n) is 3.37. The molecule has 2 aliphatic heterocycles. The van der Waals surface area contributed by atoms with Gasteiger partial charge in [-0.3, -0.25) is 14.5 Å². The molecule has 0 spiro atoms. The van der Waals surface area contributed by atoms with Crippen LogP contribution in [0.25, 0.3) is 0 Å². The van der Waals surface area contributed by atoms with Gasteiger partial charge in [0.05, 0.1) is 0 Å². The van der Waals surface area contributed by atoms with Crippen LogP contribution in [0.5, 0.6) is 0 Å². The molecule has 0 fully saturated rings. The minimum absolute atomic E-state index is 0.229. The van der Waals surface area contributed by atoms with Gasteiger partial charge in [-0.1, -0.05) is 51.8 Å². The van der Waals surface area contributed by atoms with Crippen LogP contribution in [0.2, 0.25) is 5.02 Å². The van der Waals surface area contributed by atoms with E-state index in [1.165, 1.54) is 4.90 Å². The number of halogens is 2. The number of amides is 2. The van der Waals surface area contributed by atoms with Crippen LogP contribution >= 0.6 is 27.5 Å². The maximum atomic E-state index is 13.4. The van der Waals surface area contributed by atoms with Crippen LogP contribution < -0.4 is 5.32 Å². The summed E-state index contributed by atoms with van der Waals surface area (Å²) in [4.78, 5) is 32.6. The molecule has 7 heteroatoms. The van der Waals surface area contributed by atoms with Crippen LogP contribution in [0.1, 0.15) is 22.8 Å². The first kappa shape index (κ1) is 19.6. The third kappa shape index (κ3) is 3.78. The molecule has 0 saturated heterocycles. The zero-order valence-electron chi connectivity index (χ0n) is 15.5. The Labute approximate surface area is 181 Å². The Morgan fingerprint density at radius 1 is 1.24 bits per heavy atom. The molecule has 0 radical (unpaired) electrons. The van der Waals surface area contributed by atoms with E-state index in [4.69, 9.17) is 16.6 Å². The molecule has 0 aromatic heterocycles. The minimum Gasteiger partial charge on any atom is -0.320 e. The second-order valence-corrected chi connectivity index (χ2v) is 8.28. The average molecular weight is 471 g/mol. The summed E-state index contributed by atoms with van der Waals surface area (Å²) in [5.74, 6) is -0.164. The Kier molecular flexibility index (Phi) is 5.15. The summed E-state index contributed by atoms with van der Waals surface area (Å²) in [6.45, 7) is 1.89. The molecule has 2 aliphatic rings. The Morgan fingerprint density at radius 3 is 2.69 bits per heavy atom. The normalized spacial score (nSPS) is 20.2. The van der Waals surface area contributed by atoms with Crippen molar-refractivity contribution in [3.63, 3.8) is 0 Å². The molecular weight excluding hydrogens is 454 g/mol. The lowest BCUT2D eigenvalue weighted by Crippen LogP contribution is -2.55. The van der Waals surface area contributed by atoms with Gasteiger partial charge in [0.15, 0.2) is 0 Å². The van der Waals surface area contributed by atoms with Crippen molar-refractivity contribution in [3.8, 4) is 0 Å². The molecule has 2 heterocycles. The number of nitrogens with zero attached hydrogens (tertiary/aromatic N) is 2. The second kappa shape index (κ2) is 7.61. The number of rotatable bonds is 4. The topological polar surface area (TPSA) is 61.8 Å². The lowest BCUT2D eigenvalue weighted by atomic mass is 9.98. The maximum Gasteiger partial charge on any atom is 0.281 e. The lowest BCUT2D eigenvalue weighted by molar-refractivity contribution is -0.130. The van der Waals surface area contributed by atoms with Crippen LogP contribution in [0.4, 0.5) is 0 Å². The number of hydrogen-bond acceptors (Lipinski definition) is 3. The van der Waals surface area contributed by atoms with E-state index in [9.17, 15) is 9.59 Å². The van der Waals surface area contributed by atoms with Crippen molar-refractivity contribution in [2.45, 2.75) is 19.0 Å². The number of carbonyl (C=O) groups is 2. The highest BCUT2D eigenvalue weighted by Gasteiger charge is 2.49. The molecule has 5 nitrogen and oxygen atoms in total. The van der Waals surface area contributed by atoms with Crippen LogP contribution in [0, 0.1) is 0 Å². The van der Waals surface area contributed by atoms with Crippen LogP contribution in [-0.2, 0) is 11.2 Å². The molecule has 0 bridgehead atoms. The molecule has 1 N–H and O–H groups in total. The predicted molar refractivity (Wildman–Crippen MR) is 117 cm³/mol. The van der Waals surface area contributed by atoms with E-state index in [0.29, 0.717) is 16.4 Å². The quantitative estimate of drug-likeness (QED) is 0.716. The predicted octanol–water partition coefficient (Wildman–Crippen LogP) is 4.49. The summed E-state index contributed by atoms with van der Waals surface area (Å²) in [5.41, 5.74) is 0.665. The third-order valence-electron chi connectivity index (χ3n) is 4.81. The summed E-state index contributed by atoms with van der Waals surface area (Å²) in [5, 5.41) is 3.32. The minimum atomic E-state index is -1.44. The SMILES string of the molecule is CC1=CC=CN2C(=O)[C@@](Cc3ccc(Br)cc3)(NC(=O)c3cccc(Cl)c3)N=C12. The van der Waals surface area contributed by atoms with Crippen molar-refractivity contribution in [1.29, 1.82) is 0 Å². The number of carbonyl (C=O) groups excluding carboxylic acids is 2. The number of amidine groups is 1. The smallest absolute Gasteiger partial charge is 0.281 e. The number of hydrogen-bond donors (Lipinski definition) is 1. The molecule has 2 amide bonds. The first-order chi connectivity index (χ1) is 13.9. The molecule has 0 aliphatic carbocycles. The highest BCUT2D eigenvalue weighted by Crippen LogP contribution is 2.30. The van der Waals surface area contributed by atoms with Gasteiger partial charge in [-0.2, -0.15) is 0 Å². The van der Waals surface area contributed by atoms with Crippen molar-refractivity contribution in [3.05, 3.63) is 93.1 Å². The first-order valence-corrected chi connectivity index (χ1v) is 10.2. The lowest BCUT2D eigenvalue weighted by Gasteiger charge is -2.27. The van der Waals surface area contributed by atoms with Crippen LogP contribution in [-0.4, -0.2) is 28.2 Å². The standard InChI is InChI=1S/C22H17BrClN3O2/c1-14-4-3-11-27-19(14)25-22(21(27)29,13-15-7-9-17(23)10-8-15)26-20(28)16-5-2-6-18(24)12-16/h2-12H,13H2,1H3,(H,26,28)/t22-/m1/s1. The van der Waals surface area contributed by atoms with E-state index in [0.717, 1.165) is 15.6 Å². The molecule has 2 aromatic rings. The molecule has 29 heavy (non-hydrogen) atoms. The second-order valence-electron chi connectivity index (χ2n) is 6.93. The van der Waals surface area contributed by atoms with Crippen molar-refractivity contribution >= 4 is 45.2 Å². The van der Waals surface area contributed by atoms with Gasteiger partial charge >= 0.3 is 0 Å². The van der Waals surface area contributed by atoms with E-state index in [2.05, 4.69) is 21.2 Å². The highest BCUT2D eigenvalue weighted by atomic mass is 79.9. The summed E-state index contributed by atoms with van der Waals surface area (Å²) in [6, 6.07) is 14.2. The van der Waals surface area contributed by atoms with Crippen molar-refractivity contribution in [2.75, 3.05) is 0 Å². The van der Waals surface area contributed by atoms with Gasteiger partial charge in [0, 0.05) is 27.7 Å². The van der Waals surface area contributed by atoms with Gasteiger partial charge in [-0.05, 0) is 54.5 Å². The number of benzene rings is 2. The van der Waals surface area contributed by atoms with E-state index >= 15 is 0 Å². The average Bonchev–Trinajstić information content (AvgIpc) is 2.97. The Balaban J connectivity index is 1.74. The Bertz CT molecular complexity index is 1090. The van der Waals surface area contributed by atoms with Crippen LogP contribution in [0.15, 0.2) is 81.9 Å². The summed E-state index contributed by atoms with van der Waals surface area (Å²) in [7, 11) is 0. The summed E-state index contributed by atoms with van der Waals surface area (Å²) >= 11 is 9.45. The van der Waals surface area contributed by atoms with E-state index < -0.39 is 11.6 Å². The molecule has 2 aromatic carbocycles. The van der Waals surface area contributed by atoms with Gasteiger partial charge in [0.2, 0.25) is 5.66 Å². The highest BCUT2D eigenvalue weighted by molar-refractivity contribution is 9.10. The molecule has 4 rings (SSSR count). The number of allylic oxidation sites excluding steroid dienone is 2. The zero-order valence-corrected chi connectivity index (χ0v) is 17.9. The molecule has 0 saturated carbocycles. The van der Waals surface area contributed by atoms with E-state index in [1.807, 2.05) is 37.3 Å². The molecular formula is C22H17BrClN3O2. The van der Waals surface area contributed by atoms with Gasteiger partial charge in [0.1, 0.15) is 5.84 Å². The van der Waals surface area contributed by atoms with Crippen LogP contribution in [0.3, 0.4) is 0 Å². The number of fused-ring (bicyclic) bond motifs is 1. The van der Waals surface area contributed by atoms with Gasteiger partial charge in [0.25, 0.3) is 11.8 Å². The zero-order chi connectivity index (χ0) is 20.6. The van der Waals surface area contributed by atoms with Gasteiger partial charge < -0.3 is 5.32 Å².